The molecule has 1 N–H and O–H groups in total. The average molecular weight is 163 g/mol. The van der Waals surface area contributed by atoms with E-state index >= 15 is 0 Å². The van der Waals surface area contributed by atoms with Gasteiger partial charge in [0.25, 0.3) is 0 Å². The maximum atomic E-state index is 10.9. The van der Waals surface area contributed by atoms with Crippen LogP contribution >= 0.6 is 0 Å². The first-order valence-corrected chi connectivity index (χ1v) is 3.54. The third kappa shape index (κ3) is 3.01. The number of hydrogen-bond acceptors (Lipinski definition) is 1. The lowest BCUT2D eigenvalue weighted by molar-refractivity contribution is -0.115. The number of amides is 1. The molecule has 0 rings (SSSR count). The maximum absolute atomic E-state index is 10.9. The molecular weight excluding hydrogens is 150 g/mol. The van der Waals surface area contributed by atoms with Crippen LogP contribution < -0.4 is 5.32 Å². The summed E-state index contributed by atoms with van der Waals surface area (Å²) in [6.45, 7) is 12.3. The number of nitrogens with one attached hydrogen (secondary N) is 1. The highest BCUT2D eigenvalue weighted by Gasteiger charge is 1.98. The molecule has 0 heterocycles. The molecule has 0 saturated heterocycles. The van der Waals surface area contributed by atoms with Gasteiger partial charge in [-0.2, -0.15) is 0 Å². The second-order valence-corrected chi connectivity index (χ2v) is 2.20. The minimum Gasteiger partial charge on any atom is -0.322 e. The summed E-state index contributed by atoms with van der Waals surface area (Å²) in [7, 11) is 0. The highest BCUT2D eigenvalue weighted by Crippen LogP contribution is 2.01. The van der Waals surface area contributed by atoms with E-state index in [0.29, 0.717) is 5.70 Å². The van der Waals surface area contributed by atoms with E-state index in [9.17, 15) is 4.79 Å². The van der Waals surface area contributed by atoms with Crippen LogP contribution in [0.5, 0.6) is 0 Å². The lowest BCUT2D eigenvalue weighted by Crippen LogP contribution is -2.19. The number of hydrogen-bond donors (Lipinski definition) is 1. The molecule has 64 valence electrons. The zero-order valence-electron chi connectivity index (χ0n) is 7.26. The van der Waals surface area contributed by atoms with Gasteiger partial charge in [0.1, 0.15) is 0 Å². The Hall–Kier alpha value is -1.57. The van der Waals surface area contributed by atoms with Crippen molar-refractivity contribution in [3.05, 3.63) is 49.2 Å². The van der Waals surface area contributed by atoms with E-state index in [1.54, 1.807) is 12.2 Å². The third-order valence-electron chi connectivity index (χ3n) is 1.38. The van der Waals surface area contributed by atoms with E-state index in [4.69, 9.17) is 0 Å². The number of carbonyl (C=O) groups excluding carboxylic acids is 1. The Morgan fingerprint density at radius 2 is 1.75 bits per heavy atom. The van der Waals surface area contributed by atoms with Crippen LogP contribution in [0.15, 0.2) is 49.2 Å². The molecule has 12 heavy (non-hydrogen) atoms. The molecule has 0 atom stereocenters. The summed E-state index contributed by atoms with van der Waals surface area (Å²) in [5.41, 5.74) is 1.54. The van der Waals surface area contributed by atoms with E-state index in [1.807, 2.05) is 6.92 Å². The van der Waals surface area contributed by atoms with Gasteiger partial charge in [0, 0.05) is 5.70 Å². The monoisotopic (exact) mass is 163 g/mol. The van der Waals surface area contributed by atoms with Crippen LogP contribution in [0.1, 0.15) is 6.92 Å². The second kappa shape index (κ2) is 5.13. The molecule has 0 aromatic carbocycles. The van der Waals surface area contributed by atoms with Crippen molar-refractivity contribution in [1.82, 2.24) is 5.32 Å². The Bertz CT molecular complexity index is 249. The molecule has 0 aromatic rings. The second-order valence-electron chi connectivity index (χ2n) is 2.20. The van der Waals surface area contributed by atoms with Gasteiger partial charge >= 0.3 is 0 Å². The Morgan fingerprint density at radius 1 is 1.17 bits per heavy atom. The Morgan fingerprint density at radius 3 is 2.08 bits per heavy atom. The summed E-state index contributed by atoms with van der Waals surface area (Å²) in [6.07, 6.45) is 4.43. The maximum Gasteiger partial charge on any atom is 0.247 e. The zero-order valence-corrected chi connectivity index (χ0v) is 7.26. The highest BCUT2D eigenvalue weighted by molar-refractivity contribution is 5.88. The van der Waals surface area contributed by atoms with Crippen molar-refractivity contribution in [3.8, 4) is 0 Å². The van der Waals surface area contributed by atoms with Crippen molar-refractivity contribution in [1.29, 1.82) is 0 Å². The molecule has 0 fully saturated rings. The molecule has 0 spiro atoms. The summed E-state index contributed by atoms with van der Waals surface area (Å²) >= 11 is 0. The van der Waals surface area contributed by atoms with Crippen LogP contribution in [-0.2, 0) is 4.79 Å². The molecule has 1 amide bonds. The number of rotatable bonds is 4. The fourth-order valence-corrected chi connectivity index (χ4v) is 0.604. The van der Waals surface area contributed by atoms with E-state index < -0.39 is 0 Å². The first-order chi connectivity index (χ1) is 5.65. The quantitative estimate of drug-likeness (QED) is 0.498. The Kier molecular flexibility index (Phi) is 4.46. The predicted octanol–water partition coefficient (Wildman–Crippen LogP) is 1.93. The fourth-order valence-electron chi connectivity index (χ4n) is 0.604. The van der Waals surface area contributed by atoms with Gasteiger partial charge < -0.3 is 5.32 Å². The van der Waals surface area contributed by atoms with Gasteiger partial charge in [-0.05, 0) is 24.6 Å². The van der Waals surface area contributed by atoms with E-state index in [-0.39, 0.29) is 5.91 Å². The molecular formula is C10H13NO. The van der Waals surface area contributed by atoms with Crippen molar-refractivity contribution >= 4 is 5.91 Å². The molecule has 0 aliphatic carbocycles. The Labute approximate surface area is 73.0 Å². The smallest absolute Gasteiger partial charge is 0.247 e. The molecule has 0 aliphatic rings. The lowest BCUT2D eigenvalue weighted by Gasteiger charge is -2.04. The van der Waals surface area contributed by atoms with Gasteiger partial charge in [-0.15, -0.1) is 0 Å². The SMILES string of the molecule is C=CC(=O)N/C(C=C)=C(\C)C=C. The molecule has 0 radical (unpaired) electrons. The highest BCUT2D eigenvalue weighted by atomic mass is 16.1. The van der Waals surface area contributed by atoms with Crippen LogP contribution in [0.2, 0.25) is 0 Å². The summed E-state index contributed by atoms with van der Waals surface area (Å²) in [5.74, 6) is -0.244. The first kappa shape index (κ1) is 10.4. The predicted molar refractivity (Wildman–Crippen MR) is 51.4 cm³/mol. The number of carbonyl (C=O) groups is 1. The van der Waals surface area contributed by atoms with Crippen molar-refractivity contribution < 1.29 is 4.79 Å². The van der Waals surface area contributed by atoms with Gasteiger partial charge in [-0.1, -0.05) is 25.8 Å². The largest absolute Gasteiger partial charge is 0.322 e. The standard InChI is InChI=1S/C10H13NO/c1-5-8(4)9(6-2)11-10(12)7-3/h5-7H,1-3H2,4H3,(H,11,12)/b9-8+. The van der Waals surface area contributed by atoms with Crippen LogP contribution in [-0.4, -0.2) is 5.91 Å². The first-order valence-electron chi connectivity index (χ1n) is 3.54. The van der Waals surface area contributed by atoms with Gasteiger partial charge in [-0.25, -0.2) is 0 Å². The average Bonchev–Trinajstić information content (AvgIpc) is 2.12. The van der Waals surface area contributed by atoms with Crippen molar-refractivity contribution in [2.75, 3.05) is 0 Å². The lowest BCUT2D eigenvalue weighted by atomic mass is 10.2. The van der Waals surface area contributed by atoms with Crippen LogP contribution in [0.3, 0.4) is 0 Å². The summed E-state index contributed by atoms with van der Waals surface area (Å²) < 4.78 is 0. The van der Waals surface area contributed by atoms with Gasteiger partial charge in [0.2, 0.25) is 5.91 Å². The van der Waals surface area contributed by atoms with Gasteiger partial charge in [0.05, 0.1) is 0 Å². The van der Waals surface area contributed by atoms with E-state index in [2.05, 4.69) is 25.1 Å². The molecule has 0 saturated carbocycles. The topological polar surface area (TPSA) is 29.1 Å². The zero-order chi connectivity index (χ0) is 9.56. The fraction of sp³-hybridized carbons (Fsp3) is 0.100. The minimum absolute atomic E-state index is 0.244. The van der Waals surface area contributed by atoms with Gasteiger partial charge in [0.15, 0.2) is 0 Å². The number of allylic oxidation sites excluding steroid dienone is 3. The molecule has 2 nitrogen and oxygen atoms in total. The normalized spacial score (nSPS) is 11.1. The molecule has 2 heteroatoms. The molecule has 0 aromatic heterocycles. The van der Waals surface area contributed by atoms with Crippen LogP contribution in [0.4, 0.5) is 0 Å². The summed E-state index contributed by atoms with van der Waals surface area (Å²) in [6, 6.07) is 0. The Balaban J connectivity index is 4.58. The van der Waals surface area contributed by atoms with E-state index in [1.165, 1.54) is 6.08 Å². The minimum atomic E-state index is -0.244. The van der Waals surface area contributed by atoms with Crippen molar-refractivity contribution in [2.24, 2.45) is 0 Å². The molecule has 0 aliphatic heterocycles. The summed E-state index contributed by atoms with van der Waals surface area (Å²) in [4.78, 5) is 10.9. The van der Waals surface area contributed by atoms with Crippen LogP contribution in [0, 0.1) is 0 Å². The van der Waals surface area contributed by atoms with E-state index in [0.717, 1.165) is 5.57 Å². The molecule has 0 unspecified atom stereocenters. The van der Waals surface area contributed by atoms with Crippen molar-refractivity contribution in [3.63, 3.8) is 0 Å². The summed E-state index contributed by atoms with van der Waals surface area (Å²) in [5, 5.41) is 2.60. The van der Waals surface area contributed by atoms with Gasteiger partial charge in [-0.3, -0.25) is 4.79 Å². The van der Waals surface area contributed by atoms with Crippen LogP contribution in [0.25, 0.3) is 0 Å². The molecule has 0 bridgehead atoms. The van der Waals surface area contributed by atoms with Crippen molar-refractivity contribution in [2.45, 2.75) is 6.92 Å². The third-order valence-corrected chi connectivity index (χ3v) is 1.38.